The van der Waals surface area contributed by atoms with Gasteiger partial charge >= 0.3 is 11.9 Å². The van der Waals surface area contributed by atoms with Crippen LogP contribution in [0.5, 0.6) is 0 Å². The van der Waals surface area contributed by atoms with Gasteiger partial charge in [-0.05, 0) is 141 Å². The summed E-state index contributed by atoms with van der Waals surface area (Å²) in [7, 11) is 0. The van der Waals surface area contributed by atoms with Gasteiger partial charge in [0.2, 0.25) is 94.5 Å². The van der Waals surface area contributed by atoms with Crippen LogP contribution in [0.4, 0.5) is 0 Å². The Hall–Kier alpha value is -12.3. The Balaban J connectivity index is 2.35. The van der Waals surface area contributed by atoms with Crippen LogP contribution in [0, 0.1) is 34.0 Å². The average Bonchev–Trinajstić information content (AvgIpc) is 1.85. The van der Waals surface area contributed by atoms with Crippen molar-refractivity contribution >= 4 is 137 Å². The zero-order chi connectivity index (χ0) is 99.8. The zero-order valence-electron chi connectivity index (χ0n) is 76.5. The number of carboxylic acids is 2. The topological polar surface area (TPSA) is 810 Å². The molecule has 0 bridgehead atoms. The fraction of sp³-hybridized carbons (Fsp3) is 0.671. The normalized spacial score (nSPS) is 16.3. The van der Waals surface area contributed by atoms with Crippen LogP contribution in [-0.4, -0.2) is 304 Å². The Morgan fingerprint density at radius 2 is 0.856 bits per heavy atom. The van der Waals surface area contributed by atoms with Gasteiger partial charge in [-0.1, -0.05) is 84.7 Å². The van der Waals surface area contributed by atoms with Crippen molar-refractivity contribution in [2.75, 3.05) is 51.6 Å². The van der Waals surface area contributed by atoms with E-state index in [0.717, 1.165) is 6.92 Å². The first-order chi connectivity index (χ1) is 62.1. The summed E-state index contributed by atoms with van der Waals surface area (Å²) in [6.45, 7) is 13.9. The van der Waals surface area contributed by atoms with Crippen molar-refractivity contribution in [2.45, 2.75) is 281 Å². The van der Waals surface area contributed by atoms with Gasteiger partial charge in [0.05, 0.1) is 25.3 Å². The number of aliphatic carboxylic acids is 2. The van der Waals surface area contributed by atoms with Crippen LogP contribution in [0.25, 0.3) is 0 Å². The Kier molecular flexibility index (Phi) is 53.1. The Labute approximate surface area is 772 Å². The Morgan fingerprint density at radius 1 is 0.455 bits per heavy atom. The molecule has 0 spiro atoms. The molecule has 49 nitrogen and oxygen atoms in total. The van der Waals surface area contributed by atoms with E-state index in [0.29, 0.717) is 18.4 Å². The van der Waals surface area contributed by atoms with Crippen molar-refractivity contribution in [1.29, 1.82) is 16.2 Å². The van der Waals surface area contributed by atoms with Gasteiger partial charge in [-0.3, -0.25) is 97.7 Å². The molecule has 1 fully saturated rings. The van der Waals surface area contributed by atoms with E-state index >= 15 is 0 Å². The number of unbranched alkanes of at least 4 members (excludes halogenated alkanes) is 1. The maximum Gasteiger partial charge on any atom is 0.326 e. The number of nitrogens with zero attached hydrogens (tertiary/aromatic N) is 1. The first-order valence-electron chi connectivity index (χ1n) is 44.1. The molecule has 1 aromatic rings. The minimum absolute atomic E-state index is 0.00576. The molecule has 742 valence electrons. The number of carboxylic acid groups (broad SMARTS) is 2. The molecule has 0 radical (unpaired) electrons. The molecule has 1 aliphatic rings. The second kappa shape index (κ2) is 60.6. The van der Waals surface area contributed by atoms with Crippen molar-refractivity contribution in [3.8, 4) is 0 Å². The number of likely N-dealkylation sites (tertiary alicyclic amines) is 1. The van der Waals surface area contributed by atoms with E-state index in [2.05, 4.69) is 108 Å². The summed E-state index contributed by atoms with van der Waals surface area (Å²) in [5.41, 5.74) is 28.5. The lowest BCUT2D eigenvalue weighted by atomic mass is 9.97. The molecule has 19 atom stereocenters. The molecule has 35 N–H and O–H groups in total. The highest BCUT2D eigenvalue weighted by Gasteiger charge is 2.41. The number of rotatable bonds is 62. The maximum absolute atomic E-state index is 14.5. The summed E-state index contributed by atoms with van der Waals surface area (Å²) < 4.78 is 0. The maximum atomic E-state index is 14.5. The third-order valence-corrected chi connectivity index (χ3v) is 21.9. The summed E-state index contributed by atoms with van der Waals surface area (Å²) in [4.78, 5) is 248. The summed E-state index contributed by atoms with van der Waals surface area (Å²) in [5.74, 6) is -20.6. The molecule has 16 amide bonds. The highest BCUT2D eigenvalue weighted by Crippen LogP contribution is 2.20. The van der Waals surface area contributed by atoms with Crippen LogP contribution in [0.1, 0.15) is 178 Å². The predicted octanol–water partition coefficient (Wildman–Crippen LogP) is -8.18. The second-order valence-electron chi connectivity index (χ2n) is 32.9. The number of carbonyl (C=O) groups excluding carboxylic acids is 16. The number of benzene rings is 1. The number of carbonyl (C=O) groups is 18. The number of hydrogen-bond acceptors (Lipinski definition) is 26. The summed E-state index contributed by atoms with van der Waals surface area (Å²) >= 11 is 4.35. The molecule has 0 aromatic heterocycles. The SMILES string of the molecule is CC[C@H](C)[C@H](NC(=O)[C@H](CS)NC(=O)[C@H](CCCNC(=N)N)NC(=O)[C@@H]1CCCN1C(=O)CNC(=O)[C@H](CC(C)C)NC(=O)[C@H](CO)NC(=O)[C@@H](NC(=O)[C@H](CCCNC(=N)N)NC(=O)[C@H](C)NC(=O)[C@H](C)NC(=O)[C@@H](N)CCCNC(=N)N)[C@@H](C)CC)C(=O)N[C@@H](CCCCN)C(=O)N[C@@H](C)C(=O)N[C@@H](Cc1ccccc1)C(=O)N[C@H](C(=O)N[C@@H](CCC(=O)O)C(=O)O)[C@@H](C)O. The highest BCUT2D eigenvalue weighted by atomic mass is 32.1. The predicted molar refractivity (Wildman–Crippen MR) is 486 cm³/mol. The number of aliphatic hydroxyl groups excluding tert-OH is 2. The van der Waals surface area contributed by atoms with Gasteiger partial charge < -0.3 is 150 Å². The van der Waals surface area contributed by atoms with Crippen molar-refractivity contribution in [2.24, 2.45) is 46.4 Å². The van der Waals surface area contributed by atoms with Crippen LogP contribution in [-0.2, 0) is 92.7 Å². The van der Waals surface area contributed by atoms with Crippen LogP contribution < -0.4 is 124 Å². The third-order valence-electron chi connectivity index (χ3n) is 21.5. The smallest absolute Gasteiger partial charge is 0.326 e. The second-order valence-corrected chi connectivity index (χ2v) is 33.3. The van der Waals surface area contributed by atoms with Crippen LogP contribution in [0.2, 0.25) is 0 Å². The van der Waals surface area contributed by atoms with Gasteiger partial charge in [0, 0.05) is 44.8 Å². The van der Waals surface area contributed by atoms with Crippen molar-refractivity contribution < 1.29 is 107 Å². The van der Waals surface area contributed by atoms with Gasteiger partial charge in [-0.25, -0.2) is 4.79 Å². The molecule has 1 aliphatic heterocycles. The molecule has 50 heteroatoms. The first-order valence-corrected chi connectivity index (χ1v) is 44.7. The van der Waals surface area contributed by atoms with Crippen molar-refractivity contribution in [3.05, 3.63) is 35.9 Å². The van der Waals surface area contributed by atoms with Crippen LogP contribution in [0.3, 0.4) is 0 Å². The van der Waals surface area contributed by atoms with E-state index in [4.69, 9.17) is 50.0 Å². The minimum atomic E-state index is -1.82. The lowest BCUT2D eigenvalue weighted by Gasteiger charge is -2.30. The monoisotopic (exact) mass is 1890 g/mol. The Morgan fingerprint density at radius 3 is 1.33 bits per heavy atom. The fourth-order valence-corrected chi connectivity index (χ4v) is 13.6. The summed E-state index contributed by atoms with van der Waals surface area (Å²) in [6.07, 6.45) is -1.22. The Bertz CT molecular complexity index is 4060. The van der Waals surface area contributed by atoms with E-state index in [1.54, 1.807) is 71.9 Å². The minimum Gasteiger partial charge on any atom is -0.481 e. The largest absolute Gasteiger partial charge is 0.481 e. The molecular formula is C82H141N27O22S. The fourth-order valence-electron chi connectivity index (χ4n) is 13.4. The molecule has 0 saturated carbocycles. The van der Waals surface area contributed by atoms with Crippen molar-refractivity contribution in [3.63, 3.8) is 0 Å². The molecule has 132 heavy (non-hydrogen) atoms. The van der Waals surface area contributed by atoms with Gasteiger partial charge in [0.25, 0.3) is 0 Å². The zero-order valence-corrected chi connectivity index (χ0v) is 77.4. The molecule has 1 saturated heterocycles. The van der Waals surface area contributed by atoms with Gasteiger partial charge in [-0.15, -0.1) is 0 Å². The van der Waals surface area contributed by atoms with Crippen LogP contribution >= 0.6 is 12.6 Å². The summed E-state index contributed by atoms with van der Waals surface area (Å²) in [5, 5.41) is 108. The first kappa shape index (κ1) is 116. The number of nitrogens with two attached hydrogens (primary N) is 5. The number of aliphatic hydroxyl groups is 2. The van der Waals surface area contributed by atoms with E-state index in [9.17, 15) is 102 Å². The number of amides is 16. The number of hydrogen-bond donors (Lipinski definition) is 31. The number of nitrogens with one attached hydrogen (secondary N) is 21. The molecule has 0 unspecified atom stereocenters. The quantitative estimate of drug-likeness (QED) is 0.0125. The molecule has 1 heterocycles. The lowest BCUT2D eigenvalue weighted by Crippen LogP contribution is -2.61. The van der Waals surface area contributed by atoms with E-state index < -0.39 is 259 Å². The molecule has 1 aromatic carbocycles. The third kappa shape index (κ3) is 42.7. The van der Waals surface area contributed by atoms with E-state index in [1.807, 2.05) is 0 Å². The van der Waals surface area contributed by atoms with Gasteiger partial charge in [0.1, 0.15) is 90.6 Å². The summed E-state index contributed by atoms with van der Waals surface area (Å²) in [6, 6.07) is -14.9. The van der Waals surface area contributed by atoms with Gasteiger partial charge in [0.15, 0.2) is 17.9 Å². The number of guanidine groups is 3. The average molecular weight is 1890 g/mol. The van der Waals surface area contributed by atoms with E-state index in [1.165, 1.54) is 25.7 Å². The van der Waals surface area contributed by atoms with Gasteiger partial charge in [-0.2, -0.15) is 12.6 Å². The standard InChI is InChI=1S/C82H141N27O22S/c1-11-42(5)61(76(127)100-50(25-16-17-31-83)69(120)97-46(9)66(117)102-55(37-48-22-14-13-15-23-48)72(123)108-63(47(10)111)78(129)101-53(79(130)131)29-30-60(113)114)107-74(125)57(40-132)105-70(121)51(26-19-33-92-81(87)88)99-75(126)58-28-21-35-109(58)59(112)38-94-68(119)54(36-41(3)4)103-73(124)56(39-110)104-77(128)62(43(6)12-2)106-71(122)52(27-20-34-93-82(89)90)98-65(116)45(8)95-64(115)44(7)96-67(118)49(84)24-18-32-91-80(85)86/h13-15,22-23,41-47,49-58,61-63,110-111,132H,11-12,16-21,24-40,83-84H2,1-10H3,(H,94,119)(H,95,115)(H,96,118)(H,97,120)(H,98,116)(H,99,126)(H,100,127)(H,101,129)(H,102,117)(H,103,124)(H,104,128)(H,105,121)(H,106,122)(H,107,125)(H,108,123)(H,113,114)(H,130,131)(H4,85,86,91)(H4,87,88,92)(H4,89,90,93)/t42-,43-,44-,45-,46-,47+,49-,50-,51-,52-,53-,54-,55-,56-,57-,58-,61-,62-,63-/m0/s1. The highest BCUT2D eigenvalue weighted by molar-refractivity contribution is 7.80. The van der Waals surface area contributed by atoms with Crippen molar-refractivity contribution in [1.82, 2.24) is 101 Å². The number of thiol groups is 1. The lowest BCUT2D eigenvalue weighted by molar-refractivity contribution is -0.144. The van der Waals surface area contributed by atoms with Crippen LogP contribution in [0.15, 0.2) is 30.3 Å². The van der Waals surface area contributed by atoms with E-state index in [-0.39, 0.29) is 134 Å². The molecular weight excluding hydrogens is 1750 g/mol. The molecule has 2 rings (SSSR count). The molecule has 0 aliphatic carbocycles.